The van der Waals surface area contributed by atoms with Crippen molar-refractivity contribution < 1.29 is 13.2 Å². The molecular formula is C15H15F3N4S. The van der Waals surface area contributed by atoms with Gasteiger partial charge >= 0.3 is 6.18 Å². The molecule has 0 fully saturated rings. The van der Waals surface area contributed by atoms with Gasteiger partial charge in [0.05, 0.1) is 11.3 Å². The lowest BCUT2D eigenvalue weighted by molar-refractivity contribution is -0.137. The molecule has 8 heteroatoms. The third-order valence-corrected chi connectivity index (χ3v) is 4.00. The van der Waals surface area contributed by atoms with Gasteiger partial charge in [-0.1, -0.05) is 12.1 Å². The molecule has 0 saturated heterocycles. The van der Waals surface area contributed by atoms with Crippen LogP contribution in [0.5, 0.6) is 0 Å². The number of nitrogens with two attached hydrogens (primary N) is 1. The fourth-order valence-electron chi connectivity index (χ4n) is 2.71. The van der Waals surface area contributed by atoms with Crippen molar-refractivity contribution in [2.24, 2.45) is 5.73 Å². The van der Waals surface area contributed by atoms with Crippen LogP contribution >= 0.6 is 12.2 Å². The summed E-state index contributed by atoms with van der Waals surface area (Å²) in [7, 11) is 0. The molecule has 0 bridgehead atoms. The van der Waals surface area contributed by atoms with Crippen LogP contribution in [-0.4, -0.2) is 21.4 Å². The standard InChI is InChI=1S/C15H15F3N4S/c16-15(17,18)10-6-4-9(5-7-10)12-11-3-1-2-8-20-13(11)22(21-12)14(19)23/h4-7,20H,1-3,8H2,(H2,19,23). The van der Waals surface area contributed by atoms with Crippen molar-refractivity contribution >= 4 is 23.1 Å². The van der Waals surface area contributed by atoms with Crippen LogP contribution in [0.2, 0.25) is 0 Å². The number of nitrogens with zero attached hydrogens (tertiary/aromatic N) is 2. The molecule has 122 valence electrons. The summed E-state index contributed by atoms with van der Waals surface area (Å²) in [5.41, 5.74) is 7.20. The molecule has 0 saturated carbocycles. The summed E-state index contributed by atoms with van der Waals surface area (Å²) in [4.78, 5) is 0. The van der Waals surface area contributed by atoms with E-state index in [9.17, 15) is 13.2 Å². The van der Waals surface area contributed by atoms with E-state index in [1.54, 1.807) is 0 Å². The maximum absolute atomic E-state index is 12.7. The normalized spacial score (nSPS) is 14.7. The monoisotopic (exact) mass is 340 g/mol. The van der Waals surface area contributed by atoms with Gasteiger partial charge in [-0.05, 0) is 43.6 Å². The zero-order valence-corrected chi connectivity index (χ0v) is 13.0. The highest BCUT2D eigenvalue weighted by molar-refractivity contribution is 7.80. The molecule has 1 aromatic heterocycles. The third kappa shape index (κ3) is 3.03. The SMILES string of the molecule is NC(=S)n1nc(-c2ccc(C(F)(F)F)cc2)c2c1NCCCC2. The van der Waals surface area contributed by atoms with E-state index in [1.165, 1.54) is 16.8 Å². The van der Waals surface area contributed by atoms with Crippen LogP contribution < -0.4 is 11.1 Å². The van der Waals surface area contributed by atoms with Crippen LogP contribution in [0.1, 0.15) is 24.0 Å². The molecule has 23 heavy (non-hydrogen) atoms. The Bertz CT molecular complexity index is 734. The molecule has 0 amide bonds. The van der Waals surface area contributed by atoms with Gasteiger partial charge in [-0.15, -0.1) is 0 Å². The predicted molar refractivity (Wildman–Crippen MR) is 86.3 cm³/mol. The van der Waals surface area contributed by atoms with Crippen molar-refractivity contribution in [3.8, 4) is 11.3 Å². The maximum Gasteiger partial charge on any atom is 0.416 e. The van der Waals surface area contributed by atoms with E-state index < -0.39 is 11.7 Å². The number of benzene rings is 1. The molecule has 2 heterocycles. The molecule has 1 aliphatic rings. The Morgan fingerprint density at radius 2 is 1.91 bits per heavy atom. The highest BCUT2D eigenvalue weighted by Gasteiger charge is 2.30. The minimum atomic E-state index is -4.35. The van der Waals surface area contributed by atoms with Crippen molar-refractivity contribution in [2.75, 3.05) is 11.9 Å². The van der Waals surface area contributed by atoms with E-state index in [2.05, 4.69) is 10.4 Å². The lowest BCUT2D eigenvalue weighted by Crippen LogP contribution is -2.22. The summed E-state index contributed by atoms with van der Waals surface area (Å²) in [5.74, 6) is 0.741. The highest BCUT2D eigenvalue weighted by atomic mass is 32.1. The summed E-state index contributed by atoms with van der Waals surface area (Å²) in [6.07, 6.45) is -1.61. The first-order chi connectivity index (χ1) is 10.9. The second kappa shape index (κ2) is 5.84. The van der Waals surface area contributed by atoms with Crippen LogP contribution in [0.15, 0.2) is 24.3 Å². The highest BCUT2D eigenvalue weighted by Crippen LogP contribution is 2.34. The molecule has 4 nitrogen and oxygen atoms in total. The fourth-order valence-corrected chi connectivity index (χ4v) is 2.84. The van der Waals surface area contributed by atoms with Crippen molar-refractivity contribution in [3.63, 3.8) is 0 Å². The molecule has 1 aliphatic heterocycles. The van der Waals surface area contributed by atoms with Gasteiger partial charge in [-0.25, -0.2) is 0 Å². The van der Waals surface area contributed by atoms with Gasteiger partial charge in [0.25, 0.3) is 0 Å². The summed E-state index contributed by atoms with van der Waals surface area (Å²) < 4.78 is 39.5. The Balaban J connectivity index is 2.07. The topological polar surface area (TPSA) is 55.9 Å². The van der Waals surface area contributed by atoms with Crippen LogP contribution in [0, 0.1) is 0 Å². The van der Waals surface area contributed by atoms with Crippen molar-refractivity contribution in [1.82, 2.24) is 9.78 Å². The molecule has 0 atom stereocenters. The summed E-state index contributed by atoms with van der Waals surface area (Å²) in [5, 5.41) is 7.76. The minimum absolute atomic E-state index is 0.105. The zero-order valence-electron chi connectivity index (χ0n) is 12.2. The summed E-state index contributed by atoms with van der Waals surface area (Å²) in [6, 6.07) is 4.98. The molecule has 2 aromatic rings. The van der Waals surface area contributed by atoms with E-state index in [4.69, 9.17) is 18.0 Å². The third-order valence-electron chi connectivity index (χ3n) is 3.82. The molecule has 0 spiro atoms. The van der Waals surface area contributed by atoms with Gasteiger partial charge in [0.15, 0.2) is 5.11 Å². The Labute approximate surface area is 136 Å². The molecule has 0 aliphatic carbocycles. The quantitative estimate of drug-likeness (QED) is 0.781. The van der Waals surface area contributed by atoms with E-state index in [-0.39, 0.29) is 5.11 Å². The number of hydrogen-bond acceptors (Lipinski definition) is 3. The van der Waals surface area contributed by atoms with Crippen LogP contribution in [0.25, 0.3) is 11.3 Å². The van der Waals surface area contributed by atoms with E-state index in [0.29, 0.717) is 11.3 Å². The van der Waals surface area contributed by atoms with Gasteiger partial charge in [-0.2, -0.15) is 23.0 Å². The number of rotatable bonds is 1. The molecule has 3 N–H and O–H groups in total. The predicted octanol–water partition coefficient (Wildman–Crippen LogP) is 3.41. The maximum atomic E-state index is 12.7. The van der Waals surface area contributed by atoms with Gasteiger partial charge in [0.1, 0.15) is 5.82 Å². The van der Waals surface area contributed by atoms with Crippen molar-refractivity contribution in [1.29, 1.82) is 0 Å². The molecule has 0 radical (unpaired) electrons. The average Bonchev–Trinajstić information content (AvgIpc) is 2.69. The Morgan fingerprint density at radius 1 is 1.22 bits per heavy atom. The number of nitrogens with one attached hydrogen (secondary N) is 1. The van der Waals surface area contributed by atoms with Gasteiger partial charge in [0, 0.05) is 17.7 Å². The first-order valence-electron chi connectivity index (χ1n) is 7.21. The fraction of sp³-hybridized carbons (Fsp3) is 0.333. The number of halogens is 3. The minimum Gasteiger partial charge on any atom is -0.374 e. The number of anilines is 1. The molecule has 1 aromatic carbocycles. The number of aromatic nitrogens is 2. The smallest absolute Gasteiger partial charge is 0.374 e. The Morgan fingerprint density at radius 3 is 2.52 bits per heavy atom. The molecule has 3 rings (SSSR count). The van der Waals surface area contributed by atoms with E-state index >= 15 is 0 Å². The van der Waals surface area contributed by atoms with Gasteiger partial charge in [-0.3, -0.25) is 0 Å². The Kier molecular flexibility index (Phi) is 4.01. The van der Waals surface area contributed by atoms with Crippen LogP contribution in [0.3, 0.4) is 0 Å². The summed E-state index contributed by atoms with van der Waals surface area (Å²) >= 11 is 5.01. The largest absolute Gasteiger partial charge is 0.416 e. The second-order valence-corrected chi connectivity index (χ2v) is 5.80. The molecule has 0 unspecified atom stereocenters. The molecular weight excluding hydrogens is 325 g/mol. The van der Waals surface area contributed by atoms with Crippen molar-refractivity contribution in [3.05, 3.63) is 35.4 Å². The first kappa shape index (κ1) is 15.8. The summed E-state index contributed by atoms with van der Waals surface area (Å²) in [6.45, 7) is 0.785. The zero-order chi connectivity index (χ0) is 16.6. The lowest BCUT2D eigenvalue weighted by atomic mass is 10.0. The van der Waals surface area contributed by atoms with E-state index in [1.807, 2.05) is 0 Å². The van der Waals surface area contributed by atoms with Gasteiger partial charge in [0.2, 0.25) is 0 Å². The second-order valence-electron chi connectivity index (χ2n) is 5.38. The average molecular weight is 340 g/mol. The van der Waals surface area contributed by atoms with Crippen LogP contribution in [-0.2, 0) is 12.6 Å². The first-order valence-corrected chi connectivity index (χ1v) is 7.62. The number of fused-ring (bicyclic) bond motifs is 1. The van der Waals surface area contributed by atoms with Crippen molar-refractivity contribution in [2.45, 2.75) is 25.4 Å². The number of hydrogen-bond donors (Lipinski definition) is 2. The lowest BCUT2D eigenvalue weighted by Gasteiger charge is -2.07. The van der Waals surface area contributed by atoms with Crippen LogP contribution in [0.4, 0.5) is 19.0 Å². The Hall–Kier alpha value is -2.09. The number of alkyl halides is 3. The number of thiocarbonyl (C=S) groups is 1. The van der Waals surface area contributed by atoms with E-state index in [0.717, 1.165) is 49.3 Å². The van der Waals surface area contributed by atoms with Gasteiger partial charge < -0.3 is 11.1 Å².